The summed E-state index contributed by atoms with van der Waals surface area (Å²) in [4.78, 5) is 40.9. The zero-order valence-electron chi connectivity index (χ0n) is 20.7. The van der Waals surface area contributed by atoms with E-state index in [0.29, 0.717) is 34.6 Å². The standard InChI is InChI=1S/C28H28N4O4/c1-31(2)17-24(33)32(3)21-13-11-20(12-14-21)29-26(18-8-6-5-7-9-18)25-22-15-10-19(28(35)36-4)16-23(22)30-27(25)34/h5-16,29H,17H2,1-4H3,(H,30,34)/b26-25+. The van der Waals surface area contributed by atoms with Gasteiger partial charge in [-0.25, -0.2) is 4.79 Å². The van der Waals surface area contributed by atoms with Gasteiger partial charge in [0.25, 0.3) is 5.91 Å². The molecule has 1 aliphatic rings. The highest BCUT2D eigenvalue weighted by Crippen LogP contribution is 2.38. The summed E-state index contributed by atoms with van der Waals surface area (Å²) in [6, 6.07) is 22.0. The lowest BCUT2D eigenvalue weighted by atomic mass is 9.99. The van der Waals surface area contributed by atoms with Gasteiger partial charge < -0.3 is 25.2 Å². The molecule has 0 unspecified atom stereocenters. The maximum absolute atomic E-state index is 13.1. The van der Waals surface area contributed by atoms with Crippen LogP contribution in [0.25, 0.3) is 11.3 Å². The van der Waals surface area contributed by atoms with Crippen LogP contribution < -0.4 is 15.5 Å². The van der Waals surface area contributed by atoms with E-state index in [9.17, 15) is 14.4 Å². The molecule has 36 heavy (non-hydrogen) atoms. The molecule has 2 amide bonds. The summed E-state index contributed by atoms with van der Waals surface area (Å²) in [7, 11) is 6.77. The minimum atomic E-state index is -0.472. The van der Waals surface area contributed by atoms with Crippen molar-refractivity contribution < 1.29 is 19.1 Å². The number of carbonyl (C=O) groups is 3. The lowest BCUT2D eigenvalue weighted by Gasteiger charge is -2.20. The summed E-state index contributed by atoms with van der Waals surface area (Å²) in [6.07, 6.45) is 0. The van der Waals surface area contributed by atoms with Crippen LogP contribution in [0, 0.1) is 0 Å². The van der Waals surface area contributed by atoms with Crippen molar-refractivity contribution in [2.45, 2.75) is 0 Å². The minimum Gasteiger partial charge on any atom is -0.465 e. The summed E-state index contributed by atoms with van der Waals surface area (Å²) in [5.41, 5.74) is 5.03. The highest BCUT2D eigenvalue weighted by molar-refractivity contribution is 6.37. The molecule has 1 aliphatic heterocycles. The summed E-state index contributed by atoms with van der Waals surface area (Å²) in [5, 5.41) is 6.26. The molecule has 3 aromatic carbocycles. The molecule has 0 fully saturated rings. The Balaban J connectivity index is 1.71. The van der Waals surface area contributed by atoms with Gasteiger partial charge in [-0.2, -0.15) is 0 Å². The van der Waals surface area contributed by atoms with Crippen LogP contribution in [0.2, 0.25) is 0 Å². The van der Waals surface area contributed by atoms with E-state index in [1.807, 2.05) is 73.6 Å². The number of fused-ring (bicyclic) bond motifs is 1. The van der Waals surface area contributed by atoms with Crippen LogP contribution >= 0.6 is 0 Å². The van der Waals surface area contributed by atoms with Gasteiger partial charge in [0.05, 0.1) is 36.2 Å². The van der Waals surface area contributed by atoms with E-state index in [1.54, 1.807) is 30.1 Å². The second-order valence-corrected chi connectivity index (χ2v) is 8.68. The summed E-state index contributed by atoms with van der Waals surface area (Å²) >= 11 is 0. The Bertz CT molecular complexity index is 1330. The van der Waals surface area contributed by atoms with Crippen LogP contribution in [0.1, 0.15) is 21.5 Å². The molecule has 0 radical (unpaired) electrons. The van der Waals surface area contributed by atoms with Crippen LogP contribution in [0.5, 0.6) is 0 Å². The van der Waals surface area contributed by atoms with E-state index in [-0.39, 0.29) is 11.8 Å². The van der Waals surface area contributed by atoms with Crippen LogP contribution in [0.4, 0.5) is 17.1 Å². The van der Waals surface area contributed by atoms with Crippen LogP contribution in [-0.2, 0) is 14.3 Å². The SMILES string of the molecule is COC(=O)c1ccc2c(c1)NC(=O)/C2=C(/Nc1ccc(N(C)C(=O)CN(C)C)cc1)c1ccccc1. The third kappa shape index (κ3) is 5.13. The fourth-order valence-electron chi connectivity index (χ4n) is 3.98. The first-order valence-electron chi connectivity index (χ1n) is 11.4. The van der Waals surface area contributed by atoms with Crippen LogP contribution in [0.3, 0.4) is 0 Å². The number of esters is 1. The second-order valence-electron chi connectivity index (χ2n) is 8.68. The smallest absolute Gasteiger partial charge is 0.337 e. The van der Waals surface area contributed by atoms with Gasteiger partial charge >= 0.3 is 5.97 Å². The predicted octanol–water partition coefficient (Wildman–Crippen LogP) is 3.93. The Morgan fingerprint density at radius 2 is 1.61 bits per heavy atom. The van der Waals surface area contributed by atoms with Gasteiger partial charge in [0.1, 0.15) is 0 Å². The maximum Gasteiger partial charge on any atom is 0.337 e. The number of nitrogens with one attached hydrogen (secondary N) is 2. The normalized spacial score (nSPS) is 13.6. The number of hydrogen-bond donors (Lipinski definition) is 2. The molecule has 3 aromatic rings. The van der Waals surface area contributed by atoms with E-state index in [2.05, 4.69) is 10.6 Å². The van der Waals surface area contributed by atoms with Gasteiger partial charge in [-0.05, 0) is 56.1 Å². The van der Waals surface area contributed by atoms with E-state index in [4.69, 9.17) is 4.74 Å². The van der Waals surface area contributed by atoms with Crippen LogP contribution in [-0.4, -0.2) is 57.5 Å². The second kappa shape index (κ2) is 10.5. The van der Waals surface area contributed by atoms with E-state index in [0.717, 1.165) is 16.9 Å². The number of carbonyl (C=O) groups excluding carboxylic acids is 3. The topological polar surface area (TPSA) is 91.0 Å². The van der Waals surface area contributed by atoms with Crippen molar-refractivity contribution in [2.75, 3.05) is 50.3 Å². The van der Waals surface area contributed by atoms with Gasteiger partial charge in [-0.15, -0.1) is 0 Å². The Hall–Kier alpha value is -4.43. The van der Waals surface area contributed by atoms with Gasteiger partial charge in [0, 0.05) is 24.0 Å². The minimum absolute atomic E-state index is 0.0154. The Morgan fingerprint density at radius 1 is 0.917 bits per heavy atom. The highest BCUT2D eigenvalue weighted by atomic mass is 16.5. The molecule has 0 bridgehead atoms. The first kappa shape index (κ1) is 24.7. The number of methoxy groups -OCH3 is 1. The molecule has 0 spiro atoms. The Labute approximate surface area is 210 Å². The molecule has 8 nitrogen and oxygen atoms in total. The zero-order valence-corrected chi connectivity index (χ0v) is 20.7. The summed E-state index contributed by atoms with van der Waals surface area (Å²) < 4.78 is 4.80. The third-order valence-corrected chi connectivity index (χ3v) is 5.85. The van der Waals surface area contributed by atoms with E-state index < -0.39 is 5.97 Å². The Kier molecular flexibility index (Phi) is 7.17. The van der Waals surface area contributed by atoms with E-state index >= 15 is 0 Å². The van der Waals surface area contributed by atoms with Gasteiger partial charge in [-0.1, -0.05) is 36.4 Å². The Morgan fingerprint density at radius 3 is 2.25 bits per heavy atom. The molecule has 2 N–H and O–H groups in total. The lowest BCUT2D eigenvalue weighted by molar-refractivity contribution is -0.119. The number of amides is 2. The average molecular weight is 485 g/mol. The number of nitrogens with zero attached hydrogens (tertiary/aromatic N) is 2. The van der Waals surface area contributed by atoms with Crippen molar-refractivity contribution in [3.63, 3.8) is 0 Å². The molecule has 0 aromatic heterocycles. The van der Waals surface area contributed by atoms with Gasteiger partial charge in [0.15, 0.2) is 0 Å². The fraction of sp³-hybridized carbons (Fsp3) is 0.179. The quantitative estimate of drug-likeness (QED) is 0.390. The van der Waals surface area contributed by atoms with Gasteiger partial charge in [0.2, 0.25) is 5.91 Å². The first-order valence-corrected chi connectivity index (χ1v) is 11.4. The molecule has 0 aliphatic carbocycles. The summed E-state index contributed by atoms with van der Waals surface area (Å²) in [5.74, 6) is -0.762. The molecular weight excluding hydrogens is 456 g/mol. The van der Waals surface area contributed by atoms with Crippen LogP contribution in [0.15, 0.2) is 72.8 Å². The number of rotatable bonds is 7. The van der Waals surface area contributed by atoms with Crippen molar-refractivity contribution in [1.29, 1.82) is 0 Å². The molecule has 0 atom stereocenters. The maximum atomic E-state index is 13.1. The van der Waals surface area contributed by atoms with Crippen molar-refractivity contribution in [1.82, 2.24) is 4.90 Å². The molecule has 0 saturated heterocycles. The number of anilines is 3. The lowest BCUT2D eigenvalue weighted by Crippen LogP contribution is -2.34. The van der Waals surface area contributed by atoms with Crippen molar-refractivity contribution in [3.05, 3.63) is 89.5 Å². The molecule has 4 rings (SSSR count). The van der Waals surface area contributed by atoms with E-state index in [1.165, 1.54) is 7.11 Å². The van der Waals surface area contributed by atoms with Crippen molar-refractivity contribution in [3.8, 4) is 0 Å². The fourth-order valence-corrected chi connectivity index (χ4v) is 3.98. The number of hydrogen-bond acceptors (Lipinski definition) is 6. The average Bonchev–Trinajstić information content (AvgIpc) is 3.21. The van der Waals surface area contributed by atoms with Crippen molar-refractivity contribution in [2.24, 2.45) is 0 Å². The zero-order chi connectivity index (χ0) is 25.8. The van der Waals surface area contributed by atoms with Gasteiger partial charge in [-0.3, -0.25) is 9.59 Å². The molecule has 0 saturated carbocycles. The first-order chi connectivity index (χ1) is 17.3. The third-order valence-electron chi connectivity index (χ3n) is 5.85. The highest BCUT2D eigenvalue weighted by Gasteiger charge is 2.29. The largest absolute Gasteiger partial charge is 0.465 e. The monoisotopic (exact) mass is 484 g/mol. The number of ether oxygens (including phenoxy) is 1. The van der Waals surface area contributed by atoms with Crippen molar-refractivity contribution >= 4 is 46.1 Å². The molecule has 1 heterocycles. The molecule has 184 valence electrons. The molecular formula is C28H28N4O4. The number of likely N-dealkylation sites (N-methyl/N-ethyl adjacent to an activating group) is 2. The molecule has 8 heteroatoms. The predicted molar refractivity (Wildman–Crippen MR) is 142 cm³/mol. The number of benzene rings is 3. The summed E-state index contributed by atoms with van der Waals surface area (Å²) in [6.45, 7) is 0.312.